The van der Waals surface area contributed by atoms with Crippen LogP contribution in [0.3, 0.4) is 0 Å². The van der Waals surface area contributed by atoms with E-state index in [-0.39, 0.29) is 11.7 Å². The Morgan fingerprint density at radius 2 is 1.92 bits per heavy atom. The molecule has 0 fully saturated rings. The van der Waals surface area contributed by atoms with E-state index in [1.165, 1.54) is 6.26 Å². The molecule has 3 rings (SSSR count). The van der Waals surface area contributed by atoms with E-state index in [2.05, 4.69) is 14.9 Å². The van der Waals surface area contributed by atoms with Gasteiger partial charge in [0.05, 0.1) is 23.3 Å². The molecule has 1 amide bonds. The molecule has 0 bridgehead atoms. The van der Waals surface area contributed by atoms with Gasteiger partial charge in [0, 0.05) is 18.4 Å². The molecule has 0 aliphatic heterocycles. The van der Waals surface area contributed by atoms with Crippen molar-refractivity contribution in [2.24, 2.45) is 0 Å². The van der Waals surface area contributed by atoms with Gasteiger partial charge in [0.2, 0.25) is 0 Å². The molecule has 0 saturated heterocycles. The number of carbonyl (C=O) groups excluding carboxylic acids is 1. The summed E-state index contributed by atoms with van der Waals surface area (Å²) in [6, 6.07) is 14.5. The first-order valence-corrected chi connectivity index (χ1v) is 10.4. The Hall–Kier alpha value is -2.67. The van der Waals surface area contributed by atoms with Gasteiger partial charge in [0.1, 0.15) is 5.82 Å². The van der Waals surface area contributed by atoms with E-state index >= 15 is 0 Å². The number of benzene rings is 2. The summed E-state index contributed by atoms with van der Waals surface area (Å²) in [6.07, 6.45) is 1.18. The van der Waals surface area contributed by atoms with Crippen LogP contribution in [0.15, 0.2) is 48.5 Å². The Balaban J connectivity index is 1.76. The first-order valence-electron chi connectivity index (χ1n) is 8.36. The zero-order valence-electron chi connectivity index (χ0n) is 14.8. The monoisotopic (exact) mass is 371 g/mol. The standard InChI is InChI=1S/C19H21N3O3S/c1-3-22-17-10-5-4-9-16(17)21-18(22)12-20-19(23)15-8-6-7-14(11-15)13-26(2,24)25/h4-11H,3,12-13H2,1-2H3,(H,20,23). The maximum atomic E-state index is 12.5. The predicted molar refractivity (Wildman–Crippen MR) is 102 cm³/mol. The number of nitrogens with one attached hydrogen (secondary N) is 1. The minimum absolute atomic E-state index is 0.0836. The number of hydrogen-bond donors (Lipinski definition) is 1. The summed E-state index contributed by atoms with van der Waals surface area (Å²) in [4.78, 5) is 17.0. The first-order chi connectivity index (χ1) is 12.4. The molecule has 0 saturated carbocycles. The van der Waals surface area contributed by atoms with Crippen molar-refractivity contribution in [2.45, 2.75) is 25.8 Å². The van der Waals surface area contributed by atoms with E-state index in [0.717, 1.165) is 23.4 Å². The molecule has 3 aromatic rings. The van der Waals surface area contributed by atoms with E-state index < -0.39 is 9.84 Å². The highest BCUT2D eigenvalue weighted by molar-refractivity contribution is 7.89. The highest BCUT2D eigenvalue weighted by atomic mass is 32.2. The number of nitrogens with zero attached hydrogens (tertiary/aromatic N) is 2. The summed E-state index contributed by atoms with van der Waals surface area (Å²) < 4.78 is 24.9. The van der Waals surface area contributed by atoms with Crippen molar-refractivity contribution in [1.82, 2.24) is 14.9 Å². The second kappa shape index (κ2) is 7.29. The lowest BCUT2D eigenvalue weighted by molar-refractivity contribution is 0.0949. The average molecular weight is 371 g/mol. The number of para-hydroxylation sites is 2. The smallest absolute Gasteiger partial charge is 0.251 e. The van der Waals surface area contributed by atoms with E-state index in [4.69, 9.17) is 0 Å². The third kappa shape index (κ3) is 4.11. The number of hydrogen-bond acceptors (Lipinski definition) is 4. The van der Waals surface area contributed by atoms with Gasteiger partial charge >= 0.3 is 0 Å². The first kappa shape index (κ1) is 18.1. The van der Waals surface area contributed by atoms with Crippen molar-refractivity contribution in [3.63, 3.8) is 0 Å². The molecule has 0 radical (unpaired) electrons. The molecule has 1 aromatic heterocycles. The van der Waals surface area contributed by atoms with Crippen LogP contribution in [0.2, 0.25) is 0 Å². The fourth-order valence-electron chi connectivity index (χ4n) is 2.98. The molecular formula is C19H21N3O3S. The van der Waals surface area contributed by atoms with Gasteiger partial charge in [-0.05, 0) is 36.8 Å². The molecule has 0 spiro atoms. The van der Waals surface area contributed by atoms with Gasteiger partial charge in [-0.3, -0.25) is 4.79 Å². The number of rotatable bonds is 6. The highest BCUT2D eigenvalue weighted by Gasteiger charge is 2.12. The fourth-order valence-corrected chi connectivity index (χ4v) is 3.76. The Morgan fingerprint density at radius 3 is 2.65 bits per heavy atom. The molecule has 0 atom stereocenters. The number of sulfone groups is 1. The predicted octanol–water partition coefficient (Wildman–Crippen LogP) is 2.53. The molecule has 1 heterocycles. The average Bonchev–Trinajstić information content (AvgIpc) is 2.96. The lowest BCUT2D eigenvalue weighted by Gasteiger charge is -2.09. The van der Waals surface area contributed by atoms with Gasteiger partial charge < -0.3 is 9.88 Å². The number of aryl methyl sites for hydroxylation is 1. The third-order valence-electron chi connectivity index (χ3n) is 4.07. The molecule has 7 heteroatoms. The summed E-state index contributed by atoms with van der Waals surface area (Å²) in [5.74, 6) is 0.448. The number of carbonyl (C=O) groups is 1. The van der Waals surface area contributed by atoms with Crippen molar-refractivity contribution < 1.29 is 13.2 Å². The number of aromatic nitrogens is 2. The van der Waals surface area contributed by atoms with E-state index in [1.54, 1.807) is 24.3 Å². The van der Waals surface area contributed by atoms with Crippen LogP contribution in [0.1, 0.15) is 28.7 Å². The van der Waals surface area contributed by atoms with Crippen molar-refractivity contribution in [3.8, 4) is 0 Å². The van der Waals surface area contributed by atoms with Crippen LogP contribution in [-0.2, 0) is 28.7 Å². The molecule has 1 N–H and O–H groups in total. The maximum absolute atomic E-state index is 12.5. The van der Waals surface area contributed by atoms with Crippen LogP contribution in [0, 0.1) is 0 Å². The second-order valence-corrected chi connectivity index (χ2v) is 8.35. The molecule has 0 unspecified atom stereocenters. The number of fused-ring (bicyclic) bond motifs is 1. The van der Waals surface area contributed by atoms with Crippen LogP contribution in [0.25, 0.3) is 11.0 Å². The highest BCUT2D eigenvalue weighted by Crippen LogP contribution is 2.16. The van der Waals surface area contributed by atoms with Gasteiger partial charge in [-0.25, -0.2) is 13.4 Å². The molecule has 26 heavy (non-hydrogen) atoms. The van der Waals surface area contributed by atoms with Crippen LogP contribution in [0.5, 0.6) is 0 Å². The van der Waals surface area contributed by atoms with Gasteiger partial charge in [-0.1, -0.05) is 24.3 Å². The largest absolute Gasteiger partial charge is 0.345 e. The number of amides is 1. The van der Waals surface area contributed by atoms with E-state index in [9.17, 15) is 13.2 Å². The SMILES string of the molecule is CCn1c(CNC(=O)c2cccc(CS(C)(=O)=O)c2)nc2ccccc21. The second-order valence-electron chi connectivity index (χ2n) is 6.21. The Labute approximate surface area is 152 Å². The van der Waals surface area contributed by atoms with Crippen LogP contribution < -0.4 is 5.32 Å². The van der Waals surface area contributed by atoms with Crippen LogP contribution >= 0.6 is 0 Å². The lowest BCUT2D eigenvalue weighted by Crippen LogP contribution is -2.24. The topological polar surface area (TPSA) is 81.1 Å². The third-order valence-corrected chi connectivity index (χ3v) is 4.93. The van der Waals surface area contributed by atoms with Crippen molar-refractivity contribution in [1.29, 1.82) is 0 Å². The minimum atomic E-state index is -3.14. The Kier molecular flexibility index (Phi) is 5.08. The summed E-state index contributed by atoms with van der Waals surface area (Å²) >= 11 is 0. The van der Waals surface area contributed by atoms with Gasteiger partial charge in [-0.2, -0.15) is 0 Å². The zero-order chi connectivity index (χ0) is 18.7. The van der Waals surface area contributed by atoms with Gasteiger partial charge in [0.15, 0.2) is 9.84 Å². The number of imidazole rings is 1. The molecule has 0 aliphatic rings. The Morgan fingerprint density at radius 1 is 1.15 bits per heavy atom. The van der Waals surface area contributed by atoms with Crippen LogP contribution in [-0.4, -0.2) is 30.1 Å². The van der Waals surface area contributed by atoms with Crippen LogP contribution in [0.4, 0.5) is 0 Å². The molecular weight excluding hydrogens is 350 g/mol. The summed E-state index contributed by atoms with van der Waals surface area (Å²) in [5, 5.41) is 2.87. The normalized spacial score (nSPS) is 11.6. The lowest BCUT2D eigenvalue weighted by atomic mass is 10.1. The molecule has 136 valence electrons. The van der Waals surface area contributed by atoms with E-state index in [1.807, 2.05) is 31.2 Å². The van der Waals surface area contributed by atoms with Crippen molar-refractivity contribution in [3.05, 3.63) is 65.5 Å². The van der Waals surface area contributed by atoms with Gasteiger partial charge in [-0.15, -0.1) is 0 Å². The fraction of sp³-hybridized carbons (Fsp3) is 0.263. The molecule has 2 aromatic carbocycles. The quantitative estimate of drug-likeness (QED) is 0.722. The van der Waals surface area contributed by atoms with Crippen molar-refractivity contribution >= 4 is 26.8 Å². The van der Waals surface area contributed by atoms with Crippen molar-refractivity contribution in [2.75, 3.05) is 6.26 Å². The Bertz CT molecular complexity index is 1050. The molecule has 0 aliphatic carbocycles. The molecule has 6 nitrogen and oxygen atoms in total. The van der Waals surface area contributed by atoms with E-state index in [0.29, 0.717) is 17.7 Å². The van der Waals surface area contributed by atoms with Gasteiger partial charge in [0.25, 0.3) is 5.91 Å². The zero-order valence-corrected chi connectivity index (χ0v) is 15.6. The summed E-state index contributed by atoms with van der Waals surface area (Å²) in [7, 11) is -3.14. The minimum Gasteiger partial charge on any atom is -0.345 e. The maximum Gasteiger partial charge on any atom is 0.251 e. The summed E-state index contributed by atoms with van der Waals surface area (Å²) in [6.45, 7) is 3.10. The summed E-state index contributed by atoms with van der Waals surface area (Å²) in [5.41, 5.74) is 2.97.